The lowest BCUT2D eigenvalue weighted by Crippen LogP contribution is -2.39. The van der Waals surface area contributed by atoms with Gasteiger partial charge in [-0.1, -0.05) is 30.3 Å². The summed E-state index contributed by atoms with van der Waals surface area (Å²) in [6.45, 7) is 3.12. The van der Waals surface area contributed by atoms with Gasteiger partial charge in [0.1, 0.15) is 0 Å². The van der Waals surface area contributed by atoms with E-state index in [1.165, 1.54) is 5.56 Å². The third-order valence-corrected chi connectivity index (χ3v) is 3.50. The zero-order valence-corrected chi connectivity index (χ0v) is 11.0. The van der Waals surface area contributed by atoms with Crippen molar-refractivity contribution in [3.8, 4) is 0 Å². The van der Waals surface area contributed by atoms with Crippen LogP contribution in [0.1, 0.15) is 25.3 Å². The van der Waals surface area contributed by atoms with Gasteiger partial charge in [0.25, 0.3) is 0 Å². The standard InChI is InChI=1S/C15H23NO2/c1-12-7-8-15(18-12)10-16-14(11-17)9-13-5-3-2-4-6-13/h2-6,12,14-17H,7-11H2,1H3/t12?,14-,15?/m0/s1. The molecule has 1 heterocycles. The highest BCUT2D eigenvalue weighted by molar-refractivity contribution is 5.15. The topological polar surface area (TPSA) is 41.5 Å². The van der Waals surface area contributed by atoms with Crippen LogP contribution >= 0.6 is 0 Å². The van der Waals surface area contributed by atoms with Gasteiger partial charge < -0.3 is 15.2 Å². The molecule has 1 aromatic rings. The molecule has 0 saturated carbocycles. The third kappa shape index (κ3) is 4.09. The van der Waals surface area contributed by atoms with Crippen LogP contribution in [0.4, 0.5) is 0 Å². The molecular formula is C15H23NO2. The number of rotatable bonds is 6. The molecule has 18 heavy (non-hydrogen) atoms. The Balaban J connectivity index is 1.75. The van der Waals surface area contributed by atoms with Crippen molar-refractivity contribution in [2.45, 2.75) is 44.4 Å². The van der Waals surface area contributed by atoms with Crippen LogP contribution in [0.3, 0.4) is 0 Å². The molecule has 2 N–H and O–H groups in total. The molecular weight excluding hydrogens is 226 g/mol. The van der Waals surface area contributed by atoms with Gasteiger partial charge in [-0.05, 0) is 31.7 Å². The van der Waals surface area contributed by atoms with E-state index in [0.29, 0.717) is 12.2 Å². The van der Waals surface area contributed by atoms with E-state index >= 15 is 0 Å². The minimum Gasteiger partial charge on any atom is -0.395 e. The van der Waals surface area contributed by atoms with E-state index in [2.05, 4.69) is 24.4 Å². The second kappa shape index (κ2) is 6.88. The predicted octanol–water partition coefficient (Wildman–Crippen LogP) is 1.75. The van der Waals surface area contributed by atoms with Crippen LogP contribution < -0.4 is 5.32 Å². The molecule has 3 nitrogen and oxygen atoms in total. The van der Waals surface area contributed by atoms with Crippen molar-refractivity contribution in [3.05, 3.63) is 35.9 Å². The van der Waals surface area contributed by atoms with Crippen molar-refractivity contribution in [1.82, 2.24) is 5.32 Å². The number of benzene rings is 1. The molecule has 0 spiro atoms. The van der Waals surface area contributed by atoms with Crippen LogP contribution in [0.25, 0.3) is 0 Å². The number of aliphatic hydroxyl groups is 1. The molecule has 0 bridgehead atoms. The number of aliphatic hydroxyl groups excluding tert-OH is 1. The van der Waals surface area contributed by atoms with Gasteiger partial charge in [-0.15, -0.1) is 0 Å². The lowest BCUT2D eigenvalue weighted by atomic mass is 10.1. The number of ether oxygens (including phenoxy) is 1. The Labute approximate surface area is 109 Å². The largest absolute Gasteiger partial charge is 0.395 e. The molecule has 1 fully saturated rings. The molecule has 0 radical (unpaired) electrons. The van der Waals surface area contributed by atoms with Crippen LogP contribution in [-0.4, -0.2) is 36.5 Å². The molecule has 3 atom stereocenters. The van der Waals surface area contributed by atoms with Gasteiger partial charge in [0, 0.05) is 12.6 Å². The lowest BCUT2D eigenvalue weighted by molar-refractivity contribution is 0.0527. The Morgan fingerprint density at radius 1 is 1.33 bits per heavy atom. The minimum absolute atomic E-state index is 0.118. The van der Waals surface area contributed by atoms with Gasteiger partial charge in [-0.25, -0.2) is 0 Å². The van der Waals surface area contributed by atoms with Crippen LogP contribution in [0.15, 0.2) is 30.3 Å². The first-order chi connectivity index (χ1) is 8.78. The zero-order valence-electron chi connectivity index (χ0n) is 11.0. The quantitative estimate of drug-likeness (QED) is 0.807. The summed E-state index contributed by atoms with van der Waals surface area (Å²) in [5.41, 5.74) is 1.25. The normalized spacial score (nSPS) is 25.2. The molecule has 3 heteroatoms. The Morgan fingerprint density at radius 3 is 2.72 bits per heavy atom. The van der Waals surface area contributed by atoms with Crippen molar-refractivity contribution in [1.29, 1.82) is 0 Å². The monoisotopic (exact) mass is 249 g/mol. The summed E-state index contributed by atoms with van der Waals surface area (Å²) < 4.78 is 5.76. The van der Waals surface area contributed by atoms with Crippen LogP contribution in [-0.2, 0) is 11.2 Å². The highest BCUT2D eigenvalue weighted by Crippen LogP contribution is 2.18. The van der Waals surface area contributed by atoms with Crippen LogP contribution in [0.5, 0.6) is 0 Å². The van der Waals surface area contributed by atoms with Crippen molar-refractivity contribution in [3.63, 3.8) is 0 Å². The summed E-state index contributed by atoms with van der Waals surface area (Å²) in [5, 5.41) is 12.8. The molecule has 1 saturated heterocycles. The minimum atomic E-state index is 0.118. The fourth-order valence-corrected chi connectivity index (χ4v) is 2.43. The summed E-state index contributed by atoms with van der Waals surface area (Å²) in [7, 11) is 0. The Bertz CT molecular complexity index is 342. The molecule has 1 aliphatic heterocycles. The molecule has 100 valence electrons. The molecule has 1 aromatic carbocycles. The van der Waals surface area contributed by atoms with Gasteiger partial charge >= 0.3 is 0 Å². The predicted molar refractivity (Wildman–Crippen MR) is 72.6 cm³/mol. The second-order valence-electron chi connectivity index (χ2n) is 5.12. The first-order valence-corrected chi connectivity index (χ1v) is 6.81. The lowest BCUT2D eigenvalue weighted by Gasteiger charge is -2.19. The molecule has 1 aliphatic rings. The van der Waals surface area contributed by atoms with E-state index in [4.69, 9.17) is 4.74 Å². The highest BCUT2D eigenvalue weighted by atomic mass is 16.5. The smallest absolute Gasteiger partial charge is 0.0704 e. The Kier molecular flexibility index (Phi) is 5.17. The average Bonchev–Trinajstić information content (AvgIpc) is 2.81. The van der Waals surface area contributed by atoms with Gasteiger partial charge in [-0.3, -0.25) is 0 Å². The van der Waals surface area contributed by atoms with Crippen molar-refractivity contribution < 1.29 is 9.84 Å². The summed E-state index contributed by atoms with van der Waals surface area (Å²) in [5.74, 6) is 0. The van der Waals surface area contributed by atoms with Gasteiger partial charge in [0.05, 0.1) is 18.8 Å². The summed E-state index contributed by atoms with van der Waals surface area (Å²) in [4.78, 5) is 0. The third-order valence-electron chi connectivity index (χ3n) is 3.50. The van der Waals surface area contributed by atoms with E-state index in [1.54, 1.807) is 0 Å². The molecule has 0 aliphatic carbocycles. The van der Waals surface area contributed by atoms with Gasteiger partial charge in [0.2, 0.25) is 0 Å². The van der Waals surface area contributed by atoms with Crippen molar-refractivity contribution >= 4 is 0 Å². The first-order valence-electron chi connectivity index (χ1n) is 6.81. The SMILES string of the molecule is CC1CCC(CN[C@H](CO)Cc2ccccc2)O1. The number of nitrogens with one attached hydrogen (secondary N) is 1. The molecule has 2 rings (SSSR count). The van der Waals surface area contributed by atoms with E-state index in [0.717, 1.165) is 25.8 Å². The fourth-order valence-electron chi connectivity index (χ4n) is 2.43. The molecule has 0 aromatic heterocycles. The van der Waals surface area contributed by atoms with Crippen LogP contribution in [0.2, 0.25) is 0 Å². The van der Waals surface area contributed by atoms with E-state index in [-0.39, 0.29) is 12.6 Å². The Hall–Kier alpha value is -0.900. The molecule has 0 amide bonds. The zero-order chi connectivity index (χ0) is 12.8. The molecule has 2 unspecified atom stereocenters. The summed E-state index contributed by atoms with van der Waals surface area (Å²) >= 11 is 0. The maximum absolute atomic E-state index is 9.41. The van der Waals surface area contributed by atoms with Crippen molar-refractivity contribution in [2.75, 3.05) is 13.2 Å². The maximum Gasteiger partial charge on any atom is 0.0704 e. The van der Waals surface area contributed by atoms with E-state index in [9.17, 15) is 5.11 Å². The van der Waals surface area contributed by atoms with Crippen molar-refractivity contribution in [2.24, 2.45) is 0 Å². The van der Waals surface area contributed by atoms with Gasteiger partial charge in [0.15, 0.2) is 0 Å². The fraction of sp³-hybridized carbons (Fsp3) is 0.600. The summed E-state index contributed by atoms with van der Waals surface area (Å²) in [6.07, 6.45) is 3.83. The first kappa shape index (κ1) is 13.5. The van der Waals surface area contributed by atoms with Gasteiger partial charge in [-0.2, -0.15) is 0 Å². The van der Waals surface area contributed by atoms with Crippen LogP contribution in [0, 0.1) is 0 Å². The average molecular weight is 249 g/mol. The van der Waals surface area contributed by atoms with E-state index in [1.807, 2.05) is 18.2 Å². The Morgan fingerprint density at radius 2 is 2.11 bits per heavy atom. The number of hydrogen-bond donors (Lipinski definition) is 2. The van der Waals surface area contributed by atoms with E-state index < -0.39 is 0 Å². The number of hydrogen-bond acceptors (Lipinski definition) is 3. The highest BCUT2D eigenvalue weighted by Gasteiger charge is 2.22. The summed E-state index contributed by atoms with van der Waals surface area (Å²) in [6, 6.07) is 10.4. The maximum atomic E-state index is 9.41. The second-order valence-corrected chi connectivity index (χ2v) is 5.12.